The van der Waals surface area contributed by atoms with Crippen LogP contribution in [0.1, 0.15) is 5.56 Å². The van der Waals surface area contributed by atoms with Gasteiger partial charge in [0.15, 0.2) is 0 Å². The Morgan fingerprint density at radius 2 is 1.78 bits per heavy atom. The fourth-order valence-corrected chi connectivity index (χ4v) is 1.36. The second kappa shape index (κ2) is 3.42. The van der Waals surface area contributed by atoms with Gasteiger partial charge in [0.1, 0.15) is 0 Å². The predicted octanol–water partition coefficient (Wildman–Crippen LogP) is 2.12. The van der Waals surface area contributed by atoms with Crippen LogP contribution in [0.2, 0.25) is 0 Å². The van der Waals surface area contributed by atoms with Gasteiger partial charge in [-0.05, 0) is 0 Å². The first kappa shape index (κ1) is 7.35. The summed E-state index contributed by atoms with van der Waals surface area (Å²) < 4.78 is 1.15. The zero-order valence-electron chi connectivity index (χ0n) is 4.89. The Morgan fingerprint density at radius 3 is 2.22 bits per heavy atom. The van der Waals surface area contributed by atoms with Gasteiger partial charge in [0.05, 0.1) is 0 Å². The molecule has 0 unspecified atom stereocenters. The van der Waals surface area contributed by atoms with Crippen molar-refractivity contribution >= 4 is 32.4 Å². The van der Waals surface area contributed by atoms with Crippen LogP contribution in [-0.4, -0.2) is 16.5 Å². The van der Waals surface area contributed by atoms with Gasteiger partial charge < -0.3 is 0 Å². The van der Waals surface area contributed by atoms with Gasteiger partial charge >= 0.3 is 72.0 Å². The van der Waals surface area contributed by atoms with Crippen LogP contribution in [-0.2, 0) is 5.25 Å². The van der Waals surface area contributed by atoms with Crippen molar-refractivity contribution in [1.82, 2.24) is 0 Å². The molecule has 0 spiro atoms. The second-order valence-corrected chi connectivity index (χ2v) is 3.46. The van der Waals surface area contributed by atoms with E-state index in [4.69, 9.17) is 0 Å². The summed E-state index contributed by atoms with van der Waals surface area (Å²) in [5, 5.41) is 1.12. The quantitative estimate of drug-likeness (QED) is 0.662. The number of hydrogen-bond acceptors (Lipinski definition) is 0. The monoisotopic (exact) mass is 243 g/mol. The van der Waals surface area contributed by atoms with Crippen LogP contribution in [0.15, 0.2) is 28.7 Å². The van der Waals surface area contributed by atoms with E-state index in [0.29, 0.717) is 0 Å². The van der Waals surface area contributed by atoms with Crippen LogP contribution in [0.4, 0.5) is 0 Å². The SMILES string of the molecule is [Ge][CH2]c1ccc(Br)cc1. The molecule has 0 fully saturated rings. The molecule has 0 N–H and O–H groups in total. The average molecular weight is 243 g/mol. The van der Waals surface area contributed by atoms with E-state index in [9.17, 15) is 0 Å². The molecular weight excluding hydrogens is 237 g/mol. The summed E-state index contributed by atoms with van der Waals surface area (Å²) in [4.78, 5) is 0. The van der Waals surface area contributed by atoms with Crippen molar-refractivity contribution in [2.75, 3.05) is 0 Å². The Morgan fingerprint density at radius 1 is 1.22 bits per heavy atom. The van der Waals surface area contributed by atoms with Gasteiger partial charge in [0.2, 0.25) is 0 Å². The molecule has 45 valence electrons. The summed E-state index contributed by atoms with van der Waals surface area (Å²) in [6.07, 6.45) is 0. The van der Waals surface area contributed by atoms with Crippen molar-refractivity contribution < 1.29 is 0 Å². The number of rotatable bonds is 1. The molecule has 1 aromatic rings. The van der Waals surface area contributed by atoms with Crippen LogP contribution in [0.3, 0.4) is 0 Å². The molecule has 0 saturated heterocycles. The zero-order valence-corrected chi connectivity index (χ0v) is 8.58. The molecule has 0 saturated carbocycles. The molecule has 1 rings (SSSR count). The van der Waals surface area contributed by atoms with E-state index in [1.807, 2.05) is 0 Å². The molecule has 0 amide bonds. The zero-order chi connectivity index (χ0) is 6.69. The van der Waals surface area contributed by atoms with Gasteiger partial charge in [-0.3, -0.25) is 0 Å². The van der Waals surface area contributed by atoms with E-state index >= 15 is 0 Å². The van der Waals surface area contributed by atoms with E-state index in [-0.39, 0.29) is 0 Å². The molecule has 9 heavy (non-hydrogen) atoms. The van der Waals surface area contributed by atoms with Gasteiger partial charge in [-0.2, -0.15) is 0 Å². The third kappa shape index (κ3) is 2.14. The molecule has 0 atom stereocenters. The molecule has 1 aromatic carbocycles. The van der Waals surface area contributed by atoms with Crippen molar-refractivity contribution in [3.63, 3.8) is 0 Å². The summed E-state index contributed by atoms with van der Waals surface area (Å²) >= 11 is 5.53. The Balaban J connectivity index is 2.88. The van der Waals surface area contributed by atoms with Gasteiger partial charge in [-0.1, -0.05) is 0 Å². The first-order valence-corrected chi connectivity index (χ1v) is 4.99. The molecule has 0 bridgehead atoms. The molecule has 3 radical (unpaired) electrons. The van der Waals surface area contributed by atoms with E-state index in [2.05, 4.69) is 56.7 Å². The number of hydrogen-bond donors (Lipinski definition) is 0. The third-order valence-electron chi connectivity index (χ3n) is 1.12. The fraction of sp³-hybridized carbons (Fsp3) is 0.143. The summed E-state index contributed by atoms with van der Waals surface area (Å²) in [5.41, 5.74) is 1.39. The van der Waals surface area contributed by atoms with Crippen LogP contribution in [0.25, 0.3) is 0 Å². The topological polar surface area (TPSA) is 0 Å². The van der Waals surface area contributed by atoms with Gasteiger partial charge in [-0.15, -0.1) is 0 Å². The standard InChI is InChI=1S/C7H6BrGe/c8-7-3-1-6(5-9)2-4-7/h1-4H,5H2. The molecule has 0 aliphatic heterocycles. The van der Waals surface area contributed by atoms with E-state index < -0.39 is 0 Å². The first-order valence-electron chi connectivity index (χ1n) is 2.72. The minimum absolute atomic E-state index is 1.12. The maximum atomic E-state index is 3.37. The summed E-state index contributed by atoms with van der Waals surface area (Å²) in [6.45, 7) is 0. The van der Waals surface area contributed by atoms with E-state index in [1.54, 1.807) is 0 Å². The van der Waals surface area contributed by atoms with Gasteiger partial charge in [-0.25, -0.2) is 0 Å². The van der Waals surface area contributed by atoms with E-state index in [0.717, 1.165) is 9.73 Å². The third-order valence-corrected chi connectivity index (χ3v) is 2.50. The normalized spacial score (nSPS) is 9.56. The van der Waals surface area contributed by atoms with Crippen molar-refractivity contribution in [2.24, 2.45) is 0 Å². The van der Waals surface area contributed by atoms with Crippen molar-refractivity contribution in [3.8, 4) is 0 Å². The molecular formula is C7H6BrGe. The fourth-order valence-electron chi connectivity index (χ4n) is 0.602. The Labute approximate surface area is 72.0 Å². The molecule has 0 aliphatic carbocycles. The summed E-state index contributed by atoms with van der Waals surface area (Å²) in [5.74, 6) is 0. The summed E-state index contributed by atoms with van der Waals surface area (Å²) in [7, 11) is 0. The van der Waals surface area contributed by atoms with Crippen LogP contribution in [0.5, 0.6) is 0 Å². The Hall–Kier alpha value is 0.243. The average Bonchev–Trinajstić information content (AvgIpc) is 1.90. The van der Waals surface area contributed by atoms with Crippen molar-refractivity contribution in [2.45, 2.75) is 5.25 Å². The minimum atomic E-state index is 1.12. The Bertz CT molecular complexity index is 181. The molecule has 0 heterocycles. The van der Waals surface area contributed by atoms with Crippen LogP contribution in [0, 0.1) is 0 Å². The second-order valence-electron chi connectivity index (χ2n) is 1.80. The molecule has 0 aliphatic rings. The molecule has 0 aromatic heterocycles. The Kier molecular flexibility index (Phi) is 2.79. The first-order chi connectivity index (χ1) is 4.33. The van der Waals surface area contributed by atoms with Gasteiger partial charge in [0, 0.05) is 0 Å². The van der Waals surface area contributed by atoms with Crippen LogP contribution >= 0.6 is 15.9 Å². The summed E-state index contributed by atoms with van der Waals surface area (Å²) in [6, 6.07) is 8.39. The van der Waals surface area contributed by atoms with Crippen molar-refractivity contribution in [3.05, 3.63) is 34.3 Å². The van der Waals surface area contributed by atoms with Crippen LogP contribution < -0.4 is 0 Å². The maximum absolute atomic E-state index is 3.37. The van der Waals surface area contributed by atoms with E-state index in [1.165, 1.54) is 5.56 Å². The molecule has 2 heteroatoms. The predicted molar refractivity (Wildman–Crippen MR) is 43.6 cm³/mol. The number of halogens is 1. The van der Waals surface area contributed by atoms with Crippen molar-refractivity contribution in [1.29, 1.82) is 0 Å². The number of benzene rings is 1. The molecule has 0 nitrogen and oxygen atoms in total. The van der Waals surface area contributed by atoms with Gasteiger partial charge in [0.25, 0.3) is 0 Å².